The molecule has 0 atom stereocenters. The normalized spacial score (nSPS) is 12.2. The summed E-state index contributed by atoms with van der Waals surface area (Å²) in [5.41, 5.74) is 15.1. The molecule has 0 fully saturated rings. The molecule has 4 nitrogen and oxygen atoms in total. The minimum Gasteiger partial charge on any atom is -0.456 e. The van der Waals surface area contributed by atoms with E-state index in [4.69, 9.17) is 8.83 Å². The first-order valence-corrected chi connectivity index (χ1v) is 19.3. The van der Waals surface area contributed by atoms with E-state index >= 15 is 0 Å². The minimum absolute atomic E-state index is 0.721. The predicted octanol–water partition coefficient (Wildman–Crippen LogP) is 13.7. The highest BCUT2D eigenvalue weighted by Crippen LogP contribution is 2.43. The van der Waals surface area contributed by atoms with Gasteiger partial charge in [-0.2, -0.15) is 5.43 Å². The van der Waals surface area contributed by atoms with Crippen molar-refractivity contribution in [3.63, 3.8) is 0 Å². The fourth-order valence-electron chi connectivity index (χ4n) is 7.97. The monoisotopic (exact) mass is 725 g/mol. The van der Waals surface area contributed by atoms with Gasteiger partial charge < -0.3 is 8.83 Å². The van der Waals surface area contributed by atoms with E-state index in [0.29, 0.717) is 0 Å². The number of para-hydroxylation sites is 3. The second kappa shape index (κ2) is 12.9. The zero-order chi connectivity index (χ0) is 36.3. The van der Waals surface area contributed by atoms with E-state index in [-0.39, 0.29) is 0 Å². The van der Waals surface area contributed by atoms with Gasteiger partial charge in [0, 0.05) is 65.0 Å². The van der Waals surface area contributed by atoms with Crippen molar-refractivity contribution in [2.45, 2.75) is 6.54 Å². The van der Waals surface area contributed by atoms with Gasteiger partial charge in [0.2, 0.25) is 11.9 Å². The first kappa shape index (κ1) is 31.6. The van der Waals surface area contributed by atoms with E-state index in [1.807, 2.05) is 29.5 Å². The molecule has 3 aromatic heterocycles. The number of thiophene rings is 1. The molecule has 11 rings (SSSR count). The van der Waals surface area contributed by atoms with Gasteiger partial charge in [-0.1, -0.05) is 126 Å². The topological polar surface area (TPSA) is 41.3 Å². The molecule has 0 amide bonds. The van der Waals surface area contributed by atoms with E-state index in [9.17, 15) is 0 Å². The van der Waals surface area contributed by atoms with Crippen LogP contribution in [0.2, 0.25) is 0 Å². The molecule has 1 N–H and O–H groups in total. The molecule has 0 aliphatic rings. The molecule has 0 radical (unpaired) electrons. The first-order valence-electron chi connectivity index (χ1n) is 18.5. The van der Waals surface area contributed by atoms with Gasteiger partial charge in [-0.25, -0.2) is 0 Å². The Hall–Kier alpha value is -6.95. The van der Waals surface area contributed by atoms with Gasteiger partial charge in [0.25, 0.3) is 0 Å². The number of hydrazone groups is 1. The van der Waals surface area contributed by atoms with Crippen LogP contribution in [-0.2, 0) is 6.54 Å². The molecular weight excluding hydrogens is 693 g/mol. The highest BCUT2D eigenvalue weighted by Gasteiger charge is 2.18. The third-order valence-electron chi connectivity index (χ3n) is 10.6. The molecular formula is C50H33N2O2S+. The van der Waals surface area contributed by atoms with Gasteiger partial charge in [-0.3, -0.25) is 0 Å². The Morgan fingerprint density at radius 2 is 1.15 bits per heavy atom. The number of hydrogen-bond donors (Lipinski definition) is 1. The average molecular weight is 726 g/mol. The van der Waals surface area contributed by atoms with Crippen molar-refractivity contribution in [1.82, 2.24) is 5.43 Å². The molecule has 3 heterocycles. The van der Waals surface area contributed by atoms with Gasteiger partial charge in [-0.05, 0) is 64.7 Å². The molecule has 0 bridgehead atoms. The van der Waals surface area contributed by atoms with Crippen LogP contribution in [0.25, 0.3) is 86.3 Å². The number of benzene rings is 8. The van der Waals surface area contributed by atoms with E-state index in [1.54, 1.807) is 0 Å². The molecule has 5 heteroatoms. The molecule has 0 saturated heterocycles. The van der Waals surface area contributed by atoms with Crippen LogP contribution in [-0.4, -0.2) is 10.9 Å². The summed E-state index contributed by atoms with van der Waals surface area (Å²) in [5.74, 6) is 0. The van der Waals surface area contributed by atoms with Crippen LogP contribution in [0.5, 0.6) is 0 Å². The van der Waals surface area contributed by atoms with Crippen LogP contribution in [0, 0.1) is 0 Å². The Labute approximate surface area is 320 Å². The summed E-state index contributed by atoms with van der Waals surface area (Å²) >= 11 is 1.84. The minimum atomic E-state index is 0.721. The van der Waals surface area contributed by atoms with Crippen molar-refractivity contribution >= 4 is 87.3 Å². The lowest BCUT2D eigenvalue weighted by atomic mass is 9.96. The maximum Gasteiger partial charge on any atom is 0.235 e. The van der Waals surface area contributed by atoms with E-state index in [1.165, 1.54) is 31.3 Å². The van der Waals surface area contributed by atoms with Crippen LogP contribution < -0.4 is 5.43 Å². The number of rotatable bonds is 7. The quantitative estimate of drug-likeness (QED) is 0.101. The summed E-state index contributed by atoms with van der Waals surface area (Å²) in [4.78, 5) is 0. The Morgan fingerprint density at radius 3 is 2.02 bits per heavy atom. The predicted molar refractivity (Wildman–Crippen MR) is 230 cm³/mol. The highest BCUT2D eigenvalue weighted by molar-refractivity contribution is 7.25. The van der Waals surface area contributed by atoms with Gasteiger partial charge >= 0.3 is 0 Å². The molecule has 55 heavy (non-hydrogen) atoms. The van der Waals surface area contributed by atoms with Gasteiger partial charge in [-0.15, -0.1) is 11.3 Å². The number of hydrazine groups is 1. The lowest BCUT2D eigenvalue weighted by Gasteiger charge is -2.06. The maximum atomic E-state index is 6.69. The van der Waals surface area contributed by atoms with Crippen LogP contribution in [0.1, 0.15) is 11.1 Å². The molecule has 0 spiro atoms. The molecule has 0 saturated carbocycles. The molecule has 8 aromatic carbocycles. The summed E-state index contributed by atoms with van der Waals surface area (Å²) in [6.45, 7) is 0.721. The van der Waals surface area contributed by atoms with Gasteiger partial charge in [0.1, 0.15) is 22.3 Å². The lowest BCUT2D eigenvalue weighted by molar-refractivity contribution is -0.505. The number of nitrogens with one attached hydrogen (secondary N) is 1. The fourth-order valence-corrected chi connectivity index (χ4v) is 9.17. The zero-order valence-electron chi connectivity index (χ0n) is 29.7. The van der Waals surface area contributed by atoms with E-state index in [2.05, 4.69) is 174 Å². The zero-order valence-corrected chi connectivity index (χ0v) is 30.5. The molecule has 0 aliphatic carbocycles. The summed E-state index contributed by atoms with van der Waals surface area (Å²) in [7, 11) is 0. The Kier molecular flexibility index (Phi) is 7.39. The van der Waals surface area contributed by atoms with Crippen molar-refractivity contribution < 1.29 is 13.5 Å². The smallest absolute Gasteiger partial charge is 0.235 e. The number of nitrogens with zero attached hydrogens (tertiary/aromatic N) is 1. The Morgan fingerprint density at radius 1 is 0.491 bits per heavy atom. The summed E-state index contributed by atoms with van der Waals surface area (Å²) in [6.07, 6.45) is 2.18. The molecule has 0 unspecified atom stereocenters. The molecule has 11 aromatic rings. The van der Waals surface area contributed by atoms with E-state index < -0.39 is 0 Å². The van der Waals surface area contributed by atoms with Crippen molar-refractivity contribution in [3.05, 3.63) is 187 Å². The van der Waals surface area contributed by atoms with Crippen LogP contribution >= 0.6 is 11.3 Å². The average Bonchev–Trinajstić information content (AvgIpc) is 3.93. The van der Waals surface area contributed by atoms with E-state index in [0.717, 1.165) is 78.4 Å². The summed E-state index contributed by atoms with van der Waals surface area (Å²) in [5, 5.41) is 7.02. The SMILES string of the molecule is C(/c1ccc2c(c1)sc1cc(-c3cccc4oc5c(-c6ccc7c(c6)oc6ccccc67)cccc5c34)ccc12)=[N+](\NCc1ccccc1)c1ccccc1. The fraction of sp³-hybridized carbons (Fsp3) is 0.0200. The summed E-state index contributed by atoms with van der Waals surface area (Å²) in [6, 6.07) is 62.1. The van der Waals surface area contributed by atoms with Crippen LogP contribution in [0.3, 0.4) is 0 Å². The standard InChI is InChI=1S/C50H33N2O2S/c1-3-11-32(12-4-1)30-51-52(36-13-5-2-6-14-36)31-33-21-24-41-42-26-23-35(29-48(42)55-47(41)27-33)37-16-10-20-45-49(37)43-18-9-17-38(50(43)54-45)34-22-25-40-39-15-7-8-19-44(39)53-46(40)28-34/h1-29,31,51H,30H2/q+1/b52-31+. The van der Waals surface area contributed by atoms with Crippen molar-refractivity contribution in [2.24, 2.45) is 0 Å². The third-order valence-corrected chi connectivity index (χ3v) is 11.7. The van der Waals surface area contributed by atoms with Gasteiger partial charge in [0.15, 0.2) is 0 Å². The number of hydrogen-bond acceptors (Lipinski definition) is 4. The highest BCUT2D eigenvalue weighted by atomic mass is 32.1. The lowest BCUT2D eigenvalue weighted by Crippen LogP contribution is -2.25. The van der Waals surface area contributed by atoms with Crippen LogP contribution in [0.15, 0.2) is 185 Å². The van der Waals surface area contributed by atoms with Crippen molar-refractivity contribution in [3.8, 4) is 22.3 Å². The second-order valence-corrected chi connectivity index (χ2v) is 15.1. The van der Waals surface area contributed by atoms with Crippen molar-refractivity contribution in [1.29, 1.82) is 0 Å². The largest absolute Gasteiger partial charge is 0.456 e. The van der Waals surface area contributed by atoms with Crippen LogP contribution in [0.4, 0.5) is 5.69 Å². The maximum absolute atomic E-state index is 6.69. The Bertz CT molecular complexity index is 3260. The number of furan rings is 2. The molecule has 0 aliphatic heterocycles. The van der Waals surface area contributed by atoms with Gasteiger partial charge in [0.05, 0.1) is 6.54 Å². The Balaban J connectivity index is 0.974. The third kappa shape index (κ3) is 5.48. The first-order chi connectivity index (χ1) is 27.2. The van der Waals surface area contributed by atoms with Crippen molar-refractivity contribution in [2.75, 3.05) is 0 Å². The molecule has 260 valence electrons. The second-order valence-electron chi connectivity index (χ2n) is 14.0. The summed E-state index contributed by atoms with van der Waals surface area (Å²) < 4.78 is 17.6. The number of fused-ring (bicyclic) bond motifs is 9.